The summed E-state index contributed by atoms with van der Waals surface area (Å²) in [7, 11) is 0. The molecule has 1 aliphatic heterocycles. The maximum atomic E-state index is 8.48. The van der Waals surface area contributed by atoms with Crippen LogP contribution in [0.4, 0.5) is 0 Å². The van der Waals surface area contributed by atoms with E-state index in [0.717, 1.165) is 25.1 Å². The molecule has 1 aliphatic rings. The fourth-order valence-corrected chi connectivity index (χ4v) is 2.61. The molecule has 0 amide bonds. The molecule has 1 heterocycles. The third-order valence-corrected chi connectivity index (χ3v) is 3.70. The van der Waals surface area contributed by atoms with Crippen molar-refractivity contribution in [3.05, 3.63) is 29.8 Å². The topological polar surface area (TPSA) is 36.3 Å². The van der Waals surface area contributed by atoms with Crippen LogP contribution in [0.2, 0.25) is 0 Å². The molecule has 1 aromatic rings. The average Bonchev–Trinajstić information content (AvgIpc) is 2.48. The second-order valence-corrected chi connectivity index (χ2v) is 5.45. The van der Waals surface area contributed by atoms with E-state index in [1.54, 1.807) is 0 Å². The van der Waals surface area contributed by atoms with E-state index in [0.29, 0.717) is 13.0 Å². The summed E-state index contributed by atoms with van der Waals surface area (Å²) in [4.78, 5) is 2.52. The van der Waals surface area contributed by atoms with Gasteiger partial charge in [0.1, 0.15) is 5.75 Å². The van der Waals surface area contributed by atoms with Gasteiger partial charge < -0.3 is 6.16 Å². The number of hydrogen-bond donors (Lipinski definition) is 0. The zero-order chi connectivity index (χ0) is 14.0. The van der Waals surface area contributed by atoms with Crippen molar-refractivity contribution in [2.75, 3.05) is 19.7 Å². The molecule has 110 valence electrons. The molecular weight excluding hydrogens is 271 g/mol. The molecule has 4 heteroatoms. The van der Waals surface area contributed by atoms with Gasteiger partial charge in [-0.15, -0.1) is 0 Å². The van der Waals surface area contributed by atoms with E-state index in [2.05, 4.69) is 29.2 Å². The van der Waals surface area contributed by atoms with E-state index < -0.39 is 0 Å². The van der Waals surface area contributed by atoms with Crippen LogP contribution in [0, 0.1) is 11.3 Å². The number of nitrogens with zero attached hydrogens (tertiary/aromatic N) is 2. The number of benzene rings is 1. The van der Waals surface area contributed by atoms with Crippen molar-refractivity contribution in [2.45, 2.75) is 45.1 Å². The number of piperidine rings is 1. The Morgan fingerprint density at radius 2 is 2.00 bits per heavy atom. The Bertz CT molecular complexity index is 445. The Hall–Kier alpha value is -0.530. The molecule has 0 atom stereocenters. The van der Waals surface area contributed by atoms with Gasteiger partial charge in [-0.05, 0) is 56.5 Å². The minimum atomic E-state index is 0. The third-order valence-electron chi connectivity index (χ3n) is 3.70. The molecule has 1 saturated heterocycles. The van der Waals surface area contributed by atoms with Crippen LogP contribution in [0.3, 0.4) is 0 Å². The molecule has 1 fully saturated rings. The van der Waals surface area contributed by atoms with Crippen molar-refractivity contribution in [3.63, 3.8) is 0 Å². The first-order valence-electron chi connectivity index (χ1n) is 7.69. The van der Waals surface area contributed by atoms with Crippen LogP contribution in [0.1, 0.15) is 45.5 Å². The second-order valence-electron chi connectivity index (χ2n) is 5.45. The zero-order valence-corrected chi connectivity index (χ0v) is 15.2. The predicted octanol–water partition coefficient (Wildman–Crippen LogP) is 0.862. The van der Waals surface area contributed by atoms with Crippen LogP contribution in [0.15, 0.2) is 24.3 Å². The zero-order valence-electron chi connectivity index (χ0n) is 14.2. The Morgan fingerprint density at radius 3 is 2.76 bits per heavy atom. The van der Waals surface area contributed by atoms with Gasteiger partial charge in [0.2, 0.25) is 0 Å². The van der Waals surface area contributed by atoms with E-state index in [1.807, 2.05) is 6.07 Å². The number of nitriles is 1. The number of rotatable bonds is 7. The Kier molecular flexibility index (Phi) is 9.78. The van der Waals surface area contributed by atoms with Crippen molar-refractivity contribution >= 4 is 0 Å². The quantitative estimate of drug-likeness (QED) is 0.553. The first-order chi connectivity index (χ1) is 9.88. The van der Waals surface area contributed by atoms with Crippen molar-refractivity contribution in [2.24, 2.45) is 0 Å². The molecule has 0 aromatic heterocycles. The molecule has 0 saturated carbocycles. The van der Waals surface area contributed by atoms with Gasteiger partial charge in [0.25, 0.3) is 0 Å². The Balaban J connectivity index is 0.00000220. The van der Waals surface area contributed by atoms with Gasteiger partial charge in [-0.3, -0.25) is 4.90 Å². The van der Waals surface area contributed by atoms with Gasteiger partial charge >= 0.3 is 29.6 Å². The molecule has 0 bridgehead atoms. The van der Waals surface area contributed by atoms with Crippen LogP contribution in [-0.4, -0.2) is 24.6 Å². The summed E-state index contributed by atoms with van der Waals surface area (Å²) in [5, 5.41) is 8.48. The number of unbranched alkanes of at least 4 members (excludes halogenated alkanes) is 2. The monoisotopic (exact) mass is 296 g/mol. The van der Waals surface area contributed by atoms with E-state index in [9.17, 15) is 0 Å². The van der Waals surface area contributed by atoms with Gasteiger partial charge in [-0.1, -0.05) is 18.6 Å². The summed E-state index contributed by atoms with van der Waals surface area (Å²) in [6.45, 7) is 4.18. The summed E-state index contributed by atoms with van der Waals surface area (Å²) in [6, 6.07) is 10.6. The number of ether oxygens (including phenoxy) is 1. The molecule has 0 N–H and O–H groups in total. The van der Waals surface area contributed by atoms with E-state index >= 15 is 0 Å². The molecule has 2 rings (SSSR count). The molecular formula is C17H25N2NaO. The third kappa shape index (κ3) is 7.33. The maximum absolute atomic E-state index is 8.48. The summed E-state index contributed by atoms with van der Waals surface area (Å²) >= 11 is 0. The van der Waals surface area contributed by atoms with E-state index in [-0.39, 0.29) is 31.0 Å². The van der Waals surface area contributed by atoms with Gasteiger partial charge in [0.15, 0.2) is 0 Å². The first-order valence-corrected chi connectivity index (χ1v) is 7.69. The Morgan fingerprint density at radius 1 is 1.19 bits per heavy atom. The average molecular weight is 296 g/mol. The van der Waals surface area contributed by atoms with Gasteiger partial charge in [-0.25, -0.2) is 0 Å². The molecule has 0 aliphatic carbocycles. The van der Waals surface area contributed by atoms with Crippen LogP contribution in [0.5, 0.6) is 5.75 Å². The summed E-state index contributed by atoms with van der Waals surface area (Å²) in [6.07, 6.45) is 6.53. The van der Waals surface area contributed by atoms with E-state index in [4.69, 9.17) is 10.00 Å². The first kappa shape index (κ1) is 18.5. The van der Waals surface area contributed by atoms with Gasteiger partial charge in [0, 0.05) is 13.0 Å². The van der Waals surface area contributed by atoms with E-state index in [1.165, 1.54) is 37.9 Å². The number of likely N-dealkylation sites (tertiary alicyclic amines) is 1. The predicted molar refractivity (Wildman–Crippen MR) is 81.6 cm³/mol. The normalized spacial score (nSPS) is 15.0. The fourth-order valence-electron chi connectivity index (χ4n) is 2.61. The van der Waals surface area contributed by atoms with Crippen molar-refractivity contribution in [3.8, 4) is 11.8 Å². The minimum absolute atomic E-state index is 0. The smallest absolute Gasteiger partial charge is 1.00 e. The van der Waals surface area contributed by atoms with Crippen molar-refractivity contribution in [1.29, 1.82) is 5.26 Å². The maximum Gasteiger partial charge on any atom is 1.00 e. The molecule has 0 radical (unpaired) electrons. The van der Waals surface area contributed by atoms with Crippen molar-refractivity contribution < 1.29 is 35.7 Å². The summed E-state index contributed by atoms with van der Waals surface area (Å²) < 4.78 is 5.75. The largest absolute Gasteiger partial charge is 1.00 e. The standard InChI is InChI=1S/C17H24N2O.Na.H/c18-10-3-1-6-13-20-17-9-7-8-16(14-17)15-19-11-4-2-5-12-19;;/h7-9,14H,1-6,11-13,15H2;;/q;+1;-1. The second kappa shape index (κ2) is 11.1. The molecule has 21 heavy (non-hydrogen) atoms. The molecule has 1 aromatic carbocycles. The van der Waals surface area contributed by atoms with Gasteiger partial charge in [-0.2, -0.15) is 5.26 Å². The summed E-state index contributed by atoms with van der Waals surface area (Å²) in [5.74, 6) is 0.955. The van der Waals surface area contributed by atoms with Gasteiger partial charge in [0.05, 0.1) is 12.7 Å². The minimum Gasteiger partial charge on any atom is -1.00 e. The van der Waals surface area contributed by atoms with Crippen LogP contribution in [0.25, 0.3) is 0 Å². The van der Waals surface area contributed by atoms with Crippen molar-refractivity contribution in [1.82, 2.24) is 4.90 Å². The summed E-state index contributed by atoms with van der Waals surface area (Å²) in [5.41, 5.74) is 1.33. The fraction of sp³-hybridized carbons (Fsp3) is 0.588. The SMILES string of the molecule is N#CCCCCOc1cccc(CN2CCCCC2)c1.[H-].[Na+]. The Labute approximate surface area is 152 Å². The molecule has 0 unspecified atom stereocenters. The molecule has 0 spiro atoms. The van der Waals surface area contributed by atoms with Crippen LogP contribution >= 0.6 is 0 Å². The van der Waals surface area contributed by atoms with Crippen LogP contribution in [-0.2, 0) is 6.54 Å². The number of hydrogen-bond acceptors (Lipinski definition) is 3. The molecule has 3 nitrogen and oxygen atoms in total. The van der Waals surface area contributed by atoms with Crippen LogP contribution < -0.4 is 34.3 Å².